The van der Waals surface area contributed by atoms with Gasteiger partial charge in [0.2, 0.25) is 10.0 Å². The van der Waals surface area contributed by atoms with Gasteiger partial charge in [-0.25, -0.2) is 13.6 Å². The summed E-state index contributed by atoms with van der Waals surface area (Å²) in [6, 6.07) is 14.3. The first kappa shape index (κ1) is 22.9. The maximum absolute atomic E-state index is 11.5. The third-order valence-corrected chi connectivity index (χ3v) is 9.92. The van der Waals surface area contributed by atoms with E-state index in [1.807, 2.05) is 12.1 Å². The highest BCUT2D eigenvalue weighted by Crippen LogP contribution is 2.60. The summed E-state index contributed by atoms with van der Waals surface area (Å²) < 4.78 is 28.4. The Morgan fingerprint density at radius 3 is 2.61 bits per heavy atom. The van der Waals surface area contributed by atoms with Crippen LogP contribution in [0.3, 0.4) is 0 Å². The molecule has 3 aliphatic carbocycles. The summed E-state index contributed by atoms with van der Waals surface area (Å²) in [6.07, 6.45) is 8.51. The molecule has 0 radical (unpaired) electrons. The molecule has 0 amide bonds. The molecular formula is C27H36N2O3S. The fraction of sp³-hybridized carbons (Fsp3) is 0.556. The van der Waals surface area contributed by atoms with Crippen LogP contribution in [0.5, 0.6) is 5.75 Å². The highest BCUT2D eigenvalue weighted by molar-refractivity contribution is 7.89. The van der Waals surface area contributed by atoms with Crippen molar-refractivity contribution in [2.24, 2.45) is 22.4 Å². The number of benzene rings is 2. The summed E-state index contributed by atoms with van der Waals surface area (Å²) >= 11 is 0. The van der Waals surface area contributed by atoms with Gasteiger partial charge in [-0.2, -0.15) is 0 Å². The Morgan fingerprint density at radius 1 is 1.09 bits per heavy atom. The zero-order valence-electron chi connectivity index (χ0n) is 19.7. The zero-order chi connectivity index (χ0) is 23.2. The minimum atomic E-state index is -3.63. The van der Waals surface area contributed by atoms with Crippen LogP contribution in [0.4, 0.5) is 0 Å². The fourth-order valence-corrected chi connectivity index (χ4v) is 7.77. The molecule has 5 atom stereocenters. The van der Waals surface area contributed by atoms with Gasteiger partial charge in [0.15, 0.2) is 0 Å². The minimum absolute atomic E-state index is 0.176. The molecule has 3 aliphatic rings. The molecule has 5 nitrogen and oxygen atoms in total. The predicted molar refractivity (Wildman–Crippen MR) is 131 cm³/mol. The highest BCUT2D eigenvalue weighted by Gasteiger charge is 2.54. The molecule has 0 bridgehead atoms. The largest absolute Gasteiger partial charge is 0.497 e. The molecule has 3 N–H and O–H groups in total. The first-order valence-corrected chi connectivity index (χ1v) is 13.9. The monoisotopic (exact) mass is 468 g/mol. The van der Waals surface area contributed by atoms with Crippen LogP contribution >= 0.6 is 0 Å². The van der Waals surface area contributed by atoms with Crippen LogP contribution in [0.25, 0.3) is 0 Å². The number of nitrogens with one attached hydrogen (secondary N) is 1. The number of methoxy groups -OCH3 is 1. The van der Waals surface area contributed by atoms with Crippen LogP contribution in [-0.4, -0.2) is 28.1 Å². The second-order valence-corrected chi connectivity index (χ2v) is 12.1. The Balaban J connectivity index is 1.23. The number of hydrogen-bond donors (Lipinski definition) is 2. The molecule has 0 heterocycles. The van der Waals surface area contributed by atoms with Crippen molar-refractivity contribution in [3.8, 4) is 5.75 Å². The predicted octanol–water partition coefficient (Wildman–Crippen LogP) is 4.40. The summed E-state index contributed by atoms with van der Waals surface area (Å²) in [5.41, 5.74) is 4.58. The fourth-order valence-electron chi connectivity index (χ4n) is 7.26. The van der Waals surface area contributed by atoms with E-state index in [0.717, 1.165) is 36.1 Å². The normalized spacial score (nSPS) is 30.9. The molecule has 2 aromatic carbocycles. The second kappa shape index (κ2) is 8.71. The lowest BCUT2D eigenvalue weighted by molar-refractivity contribution is 0.0414. The lowest BCUT2D eigenvalue weighted by Crippen LogP contribution is -2.49. The Kier molecular flexibility index (Phi) is 6.04. The molecule has 0 aromatic heterocycles. The molecule has 2 fully saturated rings. The van der Waals surface area contributed by atoms with E-state index in [4.69, 9.17) is 9.88 Å². The number of nitrogens with two attached hydrogens (primary N) is 1. The Bertz CT molecular complexity index is 1110. The van der Waals surface area contributed by atoms with E-state index in [-0.39, 0.29) is 4.90 Å². The SMILES string of the molecule is COc1ccc2c(c1)CC[C@@H]1[C@@H]2CC[C@]2(C)[C@@H](NCCc3ccc(S(N)(=O)=O)cc3)CC[C@@H]12. The smallest absolute Gasteiger partial charge is 0.238 e. The van der Waals surface area contributed by atoms with E-state index in [2.05, 4.69) is 30.4 Å². The molecule has 0 spiro atoms. The third kappa shape index (κ3) is 4.22. The van der Waals surface area contributed by atoms with Gasteiger partial charge in [-0.3, -0.25) is 0 Å². The van der Waals surface area contributed by atoms with Gasteiger partial charge in [0.05, 0.1) is 12.0 Å². The highest BCUT2D eigenvalue weighted by atomic mass is 32.2. The van der Waals surface area contributed by atoms with E-state index < -0.39 is 10.0 Å². The van der Waals surface area contributed by atoms with Crippen molar-refractivity contribution >= 4 is 10.0 Å². The summed E-state index contributed by atoms with van der Waals surface area (Å²) in [7, 11) is -1.87. The van der Waals surface area contributed by atoms with E-state index >= 15 is 0 Å². The zero-order valence-corrected chi connectivity index (χ0v) is 20.5. The van der Waals surface area contributed by atoms with Crippen molar-refractivity contribution < 1.29 is 13.2 Å². The Hall–Kier alpha value is -1.89. The first-order chi connectivity index (χ1) is 15.8. The molecule has 5 rings (SSSR count). The summed E-state index contributed by atoms with van der Waals surface area (Å²) in [6.45, 7) is 3.45. The number of ether oxygens (including phenoxy) is 1. The third-order valence-electron chi connectivity index (χ3n) is 8.99. The van der Waals surface area contributed by atoms with Crippen LogP contribution in [0, 0.1) is 17.3 Å². The summed E-state index contributed by atoms with van der Waals surface area (Å²) in [4.78, 5) is 0.176. The number of rotatable bonds is 6. The number of fused-ring (bicyclic) bond motifs is 5. The topological polar surface area (TPSA) is 81.4 Å². The quantitative estimate of drug-likeness (QED) is 0.658. The van der Waals surface area contributed by atoms with Crippen LogP contribution in [-0.2, 0) is 22.9 Å². The second-order valence-electron chi connectivity index (χ2n) is 10.5. The van der Waals surface area contributed by atoms with Crippen LogP contribution in [0.1, 0.15) is 61.6 Å². The van der Waals surface area contributed by atoms with Crippen molar-refractivity contribution in [2.75, 3.05) is 13.7 Å². The van der Waals surface area contributed by atoms with Crippen LogP contribution < -0.4 is 15.2 Å². The van der Waals surface area contributed by atoms with Crippen molar-refractivity contribution in [2.45, 2.75) is 68.7 Å². The average Bonchev–Trinajstić information content (AvgIpc) is 3.14. The standard InChI is InChI=1S/C27H36N2O3S/c1-27-15-13-23-22-10-6-20(32-2)17-19(22)5-9-24(23)25(27)11-12-26(27)29-16-14-18-3-7-21(8-4-18)33(28,30)31/h3-4,6-8,10,17,23-26,29H,5,9,11-16H2,1-2H3,(H2,28,30,31)/t23-,24-,25+,26+,27+/m1/s1. The molecule has 0 saturated heterocycles. The van der Waals surface area contributed by atoms with Crippen LogP contribution in [0.2, 0.25) is 0 Å². The van der Waals surface area contributed by atoms with E-state index in [9.17, 15) is 8.42 Å². The van der Waals surface area contributed by atoms with E-state index in [0.29, 0.717) is 17.4 Å². The Morgan fingerprint density at radius 2 is 1.88 bits per heavy atom. The molecule has 2 aromatic rings. The minimum Gasteiger partial charge on any atom is -0.497 e. The number of hydrogen-bond acceptors (Lipinski definition) is 4. The van der Waals surface area contributed by atoms with E-state index in [1.165, 1.54) is 44.1 Å². The molecule has 0 aliphatic heterocycles. The van der Waals surface area contributed by atoms with Gasteiger partial charge in [-0.1, -0.05) is 25.1 Å². The summed E-state index contributed by atoms with van der Waals surface area (Å²) in [5.74, 6) is 3.27. The number of sulfonamides is 1. The molecule has 0 unspecified atom stereocenters. The van der Waals surface area contributed by atoms with Crippen molar-refractivity contribution in [1.82, 2.24) is 5.32 Å². The maximum atomic E-state index is 11.5. The van der Waals surface area contributed by atoms with Gasteiger partial charge in [0.1, 0.15) is 5.75 Å². The lowest BCUT2D eigenvalue weighted by atomic mass is 9.55. The average molecular weight is 469 g/mol. The van der Waals surface area contributed by atoms with Gasteiger partial charge < -0.3 is 10.1 Å². The molecule has 33 heavy (non-hydrogen) atoms. The Labute approximate surface area is 198 Å². The van der Waals surface area contributed by atoms with E-state index in [1.54, 1.807) is 24.8 Å². The molecule has 2 saturated carbocycles. The van der Waals surface area contributed by atoms with Gasteiger partial charge in [0.25, 0.3) is 0 Å². The van der Waals surface area contributed by atoms with Crippen molar-refractivity contribution in [3.05, 3.63) is 59.2 Å². The first-order valence-electron chi connectivity index (χ1n) is 12.3. The van der Waals surface area contributed by atoms with Gasteiger partial charge >= 0.3 is 0 Å². The van der Waals surface area contributed by atoms with Crippen molar-refractivity contribution in [3.63, 3.8) is 0 Å². The number of primary sulfonamides is 1. The van der Waals surface area contributed by atoms with Crippen molar-refractivity contribution in [1.29, 1.82) is 0 Å². The van der Waals surface area contributed by atoms with Gasteiger partial charge in [0, 0.05) is 6.04 Å². The summed E-state index contributed by atoms with van der Waals surface area (Å²) in [5, 5.41) is 9.09. The molecule has 6 heteroatoms. The maximum Gasteiger partial charge on any atom is 0.238 e. The van der Waals surface area contributed by atoms with Crippen LogP contribution in [0.15, 0.2) is 47.4 Å². The molecular weight excluding hydrogens is 432 g/mol. The molecule has 178 valence electrons. The lowest BCUT2D eigenvalue weighted by Gasteiger charge is -2.51. The van der Waals surface area contributed by atoms with Gasteiger partial charge in [-0.05, 0) is 116 Å². The van der Waals surface area contributed by atoms with Gasteiger partial charge in [-0.15, -0.1) is 0 Å². The number of aryl methyl sites for hydroxylation is 1.